The van der Waals surface area contributed by atoms with Crippen LogP contribution in [0.25, 0.3) is 0 Å². The van der Waals surface area contributed by atoms with Gasteiger partial charge in [-0.05, 0) is 37.5 Å². The van der Waals surface area contributed by atoms with E-state index in [9.17, 15) is 9.59 Å². The summed E-state index contributed by atoms with van der Waals surface area (Å²) in [4.78, 5) is 24.6. The normalized spacial score (nSPS) is 16.4. The van der Waals surface area contributed by atoms with Crippen LogP contribution >= 0.6 is 0 Å². The van der Waals surface area contributed by atoms with Crippen LogP contribution in [-0.4, -0.2) is 24.0 Å². The molecule has 1 amide bonds. The van der Waals surface area contributed by atoms with Crippen molar-refractivity contribution in [3.63, 3.8) is 0 Å². The number of hydrogen-bond acceptors (Lipinski definition) is 2. The summed E-state index contributed by atoms with van der Waals surface area (Å²) in [5.74, 6) is -1.34. The zero-order valence-corrected chi connectivity index (χ0v) is 9.93. The standard InChI is InChI=1S/C13H15NO3/c1-9-4-3-5-10(8-9)14(2)11(15)13(6-7-13)12(16)17/h3-5,8H,6-7H2,1-2H3,(H,16,17). The van der Waals surface area contributed by atoms with Gasteiger partial charge in [-0.2, -0.15) is 0 Å². The van der Waals surface area contributed by atoms with Gasteiger partial charge in [-0.3, -0.25) is 9.59 Å². The molecular formula is C13H15NO3. The fraction of sp³-hybridized carbons (Fsp3) is 0.385. The SMILES string of the molecule is Cc1cccc(N(C)C(=O)C2(C(=O)O)CC2)c1. The maximum absolute atomic E-state index is 12.1. The van der Waals surface area contributed by atoms with Crippen molar-refractivity contribution in [3.05, 3.63) is 29.8 Å². The Hall–Kier alpha value is -1.84. The first-order valence-electron chi connectivity index (χ1n) is 5.55. The average Bonchev–Trinajstić information content (AvgIpc) is 3.08. The quantitative estimate of drug-likeness (QED) is 0.810. The van der Waals surface area contributed by atoms with Crippen LogP contribution in [0.4, 0.5) is 5.69 Å². The van der Waals surface area contributed by atoms with Gasteiger partial charge in [0.15, 0.2) is 0 Å². The van der Waals surface area contributed by atoms with E-state index in [1.807, 2.05) is 31.2 Å². The third-order valence-corrected chi connectivity index (χ3v) is 3.26. The Kier molecular flexibility index (Phi) is 2.65. The Morgan fingerprint density at radius 2 is 2.00 bits per heavy atom. The summed E-state index contributed by atoms with van der Waals surface area (Å²) in [5, 5.41) is 9.08. The van der Waals surface area contributed by atoms with Crippen molar-refractivity contribution in [1.82, 2.24) is 0 Å². The van der Waals surface area contributed by atoms with Gasteiger partial charge >= 0.3 is 5.97 Å². The lowest BCUT2D eigenvalue weighted by Gasteiger charge is -2.21. The van der Waals surface area contributed by atoms with Gasteiger partial charge in [0.2, 0.25) is 5.91 Å². The Morgan fingerprint density at radius 3 is 2.47 bits per heavy atom. The average molecular weight is 233 g/mol. The van der Waals surface area contributed by atoms with Gasteiger partial charge in [0.05, 0.1) is 0 Å². The van der Waals surface area contributed by atoms with Gasteiger partial charge in [-0.15, -0.1) is 0 Å². The highest BCUT2D eigenvalue weighted by Crippen LogP contribution is 2.47. The van der Waals surface area contributed by atoms with Crippen molar-refractivity contribution in [2.75, 3.05) is 11.9 Å². The summed E-state index contributed by atoms with van der Waals surface area (Å²) in [6.07, 6.45) is 0.884. The second-order valence-corrected chi connectivity index (χ2v) is 4.59. The molecule has 0 saturated heterocycles. The maximum atomic E-state index is 12.1. The van der Waals surface area contributed by atoms with E-state index in [0.29, 0.717) is 12.8 Å². The van der Waals surface area contributed by atoms with Crippen molar-refractivity contribution in [2.24, 2.45) is 5.41 Å². The molecule has 1 fully saturated rings. The zero-order valence-electron chi connectivity index (χ0n) is 9.93. The molecule has 0 unspecified atom stereocenters. The fourth-order valence-electron chi connectivity index (χ4n) is 1.92. The van der Waals surface area contributed by atoms with E-state index < -0.39 is 11.4 Å². The van der Waals surface area contributed by atoms with Crippen LogP contribution < -0.4 is 4.90 Å². The predicted octanol–water partition coefficient (Wildman–Crippen LogP) is 1.82. The van der Waals surface area contributed by atoms with Crippen molar-refractivity contribution < 1.29 is 14.7 Å². The van der Waals surface area contributed by atoms with Gasteiger partial charge in [-0.25, -0.2) is 0 Å². The number of carbonyl (C=O) groups excluding carboxylic acids is 1. The number of benzene rings is 1. The molecule has 1 aromatic rings. The summed E-state index contributed by atoms with van der Waals surface area (Å²) >= 11 is 0. The van der Waals surface area contributed by atoms with Gasteiger partial charge in [-0.1, -0.05) is 12.1 Å². The molecule has 1 saturated carbocycles. The zero-order chi connectivity index (χ0) is 12.6. The third kappa shape index (κ3) is 1.90. The van der Waals surface area contributed by atoms with Crippen molar-refractivity contribution in [2.45, 2.75) is 19.8 Å². The van der Waals surface area contributed by atoms with Gasteiger partial charge in [0.25, 0.3) is 0 Å². The van der Waals surface area contributed by atoms with Gasteiger partial charge < -0.3 is 10.0 Å². The fourth-order valence-corrected chi connectivity index (χ4v) is 1.92. The molecule has 1 aromatic carbocycles. The molecule has 4 nitrogen and oxygen atoms in total. The van der Waals surface area contributed by atoms with Crippen LogP contribution in [-0.2, 0) is 9.59 Å². The molecule has 0 aliphatic heterocycles. The van der Waals surface area contributed by atoms with Crippen molar-refractivity contribution >= 4 is 17.6 Å². The molecule has 0 atom stereocenters. The van der Waals surface area contributed by atoms with E-state index in [1.54, 1.807) is 7.05 Å². The first-order chi connectivity index (χ1) is 7.97. The topological polar surface area (TPSA) is 57.6 Å². The number of carboxylic acid groups (broad SMARTS) is 1. The van der Waals surface area contributed by atoms with Crippen molar-refractivity contribution in [3.8, 4) is 0 Å². The van der Waals surface area contributed by atoms with E-state index >= 15 is 0 Å². The lowest BCUT2D eigenvalue weighted by molar-refractivity contribution is -0.148. The van der Waals surface area contributed by atoms with E-state index in [4.69, 9.17) is 5.11 Å². The minimum Gasteiger partial charge on any atom is -0.480 e. The highest BCUT2D eigenvalue weighted by atomic mass is 16.4. The predicted molar refractivity (Wildman–Crippen MR) is 63.9 cm³/mol. The molecule has 1 N–H and O–H groups in total. The number of rotatable bonds is 3. The minimum absolute atomic E-state index is 0.324. The number of aliphatic carboxylic acids is 1. The molecule has 1 aliphatic rings. The minimum atomic E-state index is -1.17. The van der Waals surface area contributed by atoms with Crippen LogP contribution in [0, 0.1) is 12.3 Å². The van der Waals surface area contributed by atoms with Gasteiger partial charge in [0, 0.05) is 12.7 Å². The van der Waals surface area contributed by atoms with Gasteiger partial charge in [0.1, 0.15) is 5.41 Å². The van der Waals surface area contributed by atoms with Crippen LogP contribution in [0.15, 0.2) is 24.3 Å². The van der Waals surface area contributed by atoms with E-state index in [0.717, 1.165) is 11.3 Å². The summed E-state index contributed by atoms with van der Waals surface area (Å²) < 4.78 is 0. The summed E-state index contributed by atoms with van der Waals surface area (Å²) in [5.41, 5.74) is 0.614. The lowest BCUT2D eigenvalue weighted by Crippen LogP contribution is -2.38. The highest BCUT2D eigenvalue weighted by molar-refractivity contribution is 6.11. The number of hydrogen-bond donors (Lipinski definition) is 1. The van der Waals surface area contributed by atoms with Crippen molar-refractivity contribution in [1.29, 1.82) is 0 Å². The number of nitrogens with zero attached hydrogens (tertiary/aromatic N) is 1. The second kappa shape index (κ2) is 3.87. The first-order valence-corrected chi connectivity index (χ1v) is 5.55. The van der Waals surface area contributed by atoms with E-state index in [2.05, 4.69) is 0 Å². The molecule has 0 bridgehead atoms. The Labute approximate surface area is 99.9 Å². The molecule has 2 rings (SSSR count). The molecule has 0 radical (unpaired) electrons. The smallest absolute Gasteiger partial charge is 0.319 e. The van der Waals surface area contributed by atoms with E-state index in [-0.39, 0.29) is 5.91 Å². The van der Waals surface area contributed by atoms with Crippen LogP contribution in [0.3, 0.4) is 0 Å². The third-order valence-electron chi connectivity index (χ3n) is 3.26. The Morgan fingerprint density at radius 1 is 1.35 bits per heavy atom. The van der Waals surface area contributed by atoms with Crippen LogP contribution in [0.1, 0.15) is 18.4 Å². The highest BCUT2D eigenvalue weighted by Gasteiger charge is 2.58. The molecule has 17 heavy (non-hydrogen) atoms. The second-order valence-electron chi connectivity index (χ2n) is 4.59. The molecule has 1 aliphatic carbocycles. The lowest BCUT2D eigenvalue weighted by atomic mass is 10.1. The maximum Gasteiger partial charge on any atom is 0.319 e. The van der Waals surface area contributed by atoms with E-state index in [1.165, 1.54) is 4.90 Å². The monoisotopic (exact) mass is 233 g/mol. The summed E-state index contributed by atoms with van der Waals surface area (Å²) in [6, 6.07) is 7.47. The molecule has 0 heterocycles. The number of anilines is 1. The largest absolute Gasteiger partial charge is 0.480 e. The molecule has 90 valence electrons. The first kappa shape index (κ1) is 11.6. The summed E-state index contributed by atoms with van der Waals surface area (Å²) in [6.45, 7) is 1.94. The van der Waals surface area contributed by atoms with Crippen LogP contribution in [0.5, 0.6) is 0 Å². The number of amides is 1. The molecular weight excluding hydrogens is 218 g/mol. The van der Waals surface area contributed by atoms with Crippen LogP contribution in [0.2, 0.25) is 0 Å². The molecule has 4 heteroatoms. The number of aryl methyl sites for hydroxylation is 1. The Balaban J connectivity index is 2.24. The Bertz CT molecular complexity index is 477. The molecule has 0 spiro atoms. The number of carboxylic acids is 1. The molecule has 0 aromatic heterocycles. The summed E-state index contributed by atoms with van der Waals surface area (Å²) in [7, 11) is 1.63. The number of carbonyl (C=O) groups is 2.